The minimum atomic E-state index is -0.226. The number of halogens is 1. The lowest BCUT2D eigenvalue weighted by Gasteiger charge is -2.23. The SMILES string of the molecule is COc1ccc(C(=O)Nc2cccc(Cl)c2)cc1COc1ccccc1C(C)(C)C. The number of para-hydroxylation sites is 1. The highest BCUT2D eigenvalue weighted by atomic mass is 35.5. The monoisotopic (exact) mass is 423 g/mol. The van der Waals surface area contributed by atoms with Gasteiger partial charge >= 0.3 is 0 Å². The Labute approximate surface area is 182 Å². The van der Waals surface area contributed by atoms with E-state index in [-0.39, 0.29) is 17.9 Å². The first-order valence-electron chi connectivity index (χ1n) is 9.74. The lowest BCUT2D eigenvalue weighted by atomic mass is 9.86. The Morgan fingerprint density at radius 2 is 1.73 bits per heavy atom. The van der Waals surface area contributed by atoms with Gasteiger partial charge in [0.1, 0.15) is 18.1 Å². The maximum atomic E-state index is 12.7. The zero-order valence-corrected chi connectivity index (χ0v) is 18.4. The van der Waals surface area contributed by atoms with Gasteiger partial charge in [-0.25, -0.2) is 0 Å². The molecule has 156 valence electrons. The molecule has 4 nitrogen and oxygen atoms in total. The molecule has 3 aromatic rings. The van der Waals surface area contributed by atoms with E-state index in [1.807, 2.05) is 18.2 Å². The van der Waals surface area contributed by atoms with Crippen molar-refractivity contribution in [3.05, 3.63) is 88.4 Å². The van der Waals surface area contributed by atoms with Gasteiger partial charge in [0, 0.05) is 21.8 Å². The number of ether oxygens (including phenoxy) is 2. The van der Waals surface area contributed by atoms with Gasteiger partial charge < -0.3 is 14.8 Å². The predicted molar refractivity (Wildman–Crippen MR) is 122 cm³/mol. The Morgan fingerprint density at radius 3 is 2.43 bits per heavy atom. The molecule has 0 aliphatic carbocycles. The van der Waals surface area contributed by atoms with Crippen molar-refractivity contribution in [1.82, 2.24) is 0 Å². The van der Waals surface area contributed by atoms with Gasteiger partial charge in [-0.15, -0.1) is 0 Å². The fourth-order valence-electron chi connectivity index (χ4n) is 3.17. The van der Waals surface area contributed by atoms with Gasteiger partial charge in [0.25, 0.3) is 5.91 Å². The van der Waals surface area contributed by atoms with E-state index < -0.39 is 0 Å². The molecule has 30 heavy (non-hydrogen) atoms. The van der Waals surface area contributed by atoms with Gasteiger partial charge in [-0.1, -0.05) is 56.6 Å². The molecule has 0 aliphatic heterocycles. The highest BCUT2D eigenvalue weighted by Crippen LogP contribution is 2.32. The van der Waals surface area contributed by atoms with E-state index in [0.29, 0.717) is 22.0 Å². The van der Waals surface area contributed by atoms with Crippen LogP contribution in [0.2, 0.25) is 5.02 Å². The lowest BCUT2D eigenvalue weighted by Crippen LogP contribution is -2.14. The molecule has 3 rings (SSSR count). The Hall–Kier alpha value is -2.98. The van der Waals surface area contributed by atoms with Crippen molar-refractivity contribution in [2.45, 2.75) is 32.8 Å². The van der Waals surface area contributed by atoms with E-state index in [4.69, 9.17) is 21.1 Å². The number of anilines is 1. The molecule has 0 radical (unpaired) electrons. The minimum Gasteiger partial charge on any atom is -0.496 e. The van der Waals surface area contributed by atoms with Crippen LogP contribution >= 0.6 is 11.6 Å². The first-order valence-corrected chi connectivity index (χ1v) is 10.1. The molecular weight excluding hydrogens is 398 g/mol. The third-order valence-electron chi connectivity index (χ3n) is 4.70. The van der Waals surface area contributed by atoms with Crippen LogP contribution in [0.1, 0.15) is 42.3 Å². The number of carbonyl (C=O) groups is 1. The second-order valence-electron chi connectivity index (χ2n) is 8.03. The van der Waals surface area contributed by atoms with Crippen LogP contribution in [0.3, 0.4) is 0 Å². The third-order valence-corrected chi connectivity index (χ3v) is 4.94. The fourth-order valence-corrected chi connectivity index (χ4v) is 3.36. The first-order chi connectivity index (χ1) is 14.3. The normalized spacial score (nSPS) is 11.1. The molecule has 3 aromatic carbocycles. The summed E-state index contributed by atoms with van der Waals surface area (Å²) in [5.74, 6) is 1.26. The number of amides is 1. The van der Waals surface area contributed by atoms with E-state index in [2.05, 4.69) is 32.2 Å². The smallest absolute Gasteiger partial charge is 0.255 e. The molecule has 1 N–H and O–H groups in total. The van der Waals surface area contributed by atoms with Gasteiger partial charge in [-0.3, -0.25) is 4.79 Å². The van der Waals surface area contributed by atoms with E-state index in [9.17, 15) is 4.79 Å². The summed E-state index contributed by atoms with van der Waals surface area (Å²) in [5, 5.41) is 3.43. The number of methoxy groups -OCH3 is 1. The minimum absolute atomic E-state index is 0.0423. The Bertz CT molecular complexity index is 1040. The number of hydrogen-bond acceptors (Lipinski definition) is 3. The Kier molecular flexibility index (Phi) is 6.68. The van der Waals surface area contributed by atoms with Gasteiger partial charge in [0.2, 0.25) is 0 Å². The summed E-state index contributed by atoms with van der Waals surface area (Å²) < 4.78 is 11.6. The number of benzene rings is 3. The maximum Gasteiger partial charge on any atom is 0.255 e. The van der Waals surface area contributed by atoms with Crippen molar-refractivity contribution in [1.29, 1.82) is 0 Å². The average Bonchev–Trinajstić information content (AvgIpc) is 2.71. The maximum absolute atomic E-state index is 12.7. The van der Waals surface area contributed by atoms with Crippen molar-refractivity contribution < 1.29 is 14.3 Å². The number of carbonyl (C=O) groups excluding carboxylic acids is 1. The van der Waals surface area contributed by atoms with Gasteiger partial charge in [-0.2, -0.15) is 0 Å². The van der Waals surface area contributed by atoms with Crippen LogP contribution in [0.5, 0.6) is 11.5 Å². The third kappa shape index (κ3) is 5.33. The van der Waals surface area contributed by atoms with E-state index in [0.717, 1.165) is 16.9 Å². The van der Waals surface area contributed by atoms with Crippen LogP contribution in [-0.4, -0.2) is 13.0 Å². The van der Waals surface area contributed by atoms with Crippen LogP contribution < -0.4 is 14.8 Å². The van der Waals surface area contributed by atoms with Crippen LogP contribution in [0.4, 0.5) is 5.69 Å². The second kappa shape index (κ2) is 9.23. The van der Waals surface area contributed by atoms with E-state index in [1.165, 1.54) is 0 Å². The summed E-state index contributed by atoms with van der Waals surface area (Å²) in [7, 11) is 1.60. The van der Waals surface area contributed by atoms with E-state index in [1.54, 1.807) is 49.6 Å². The van der Waals surface area contributed by atoms with Crippen molar-refractivity contribution in [3.63, 3.8) is 0 Å². The van der Waals surface area contributed by atoms with E-state index >= 15 is 0 Å². The largest absolute Gasteiger partial charge is 0.496 e. The molecule has 1 amide bonds. The zero-order chi connectivity index (χ0) is 21.7. The molecule has 0 fully saturated rings. The van der Waals surface area contributed by atoms with Crippen molar-refractivity contribution in [2.75, 3.05) is 12.4 Å². The fraction of sp³-hybridized carbons (Fsp3) is 0.240. The van der Waals surface area contributed by atoms with Gasteiger partial charge in [-0.05, 0) is 53.4 Å². The molecule has 0 saturated carbocycles. The molecule has 5 heteroatoms. The molecule has 0 atom stereocenters. The predicted octanol–water partition coefficient (Wildman–Crippen LogP) is 6.48. The van der Waals surface area contributed by atoms with Crippen LogP contribution in [0.15, 0.2) is 66.7 Å². The summed E-state index contributed by atoms with van der Waals surface area (Å²) in [4.78, 5) is 12.7. The summed E-state index contributed by atoms with van der Waals surface area (Å²) in [6, 6.07) is 20.3. The van der Waals surface area contributed by atoms with Crippen LogP contribution in [-0.2, 0) is 12.0 Å². The van der Waals surface area contributed by atoms with Crippen LogP contribution in [0, 0.1) is 0 Å². The standard InChI is InChI=1S/C25H26ClNO3/c1-25(2,3)21-10-5-6-11-23(21)30-16-18-14-17(12-13-22(18)29-4)24(28)27-20-9-7-8-19(26)15-20/h5-15H,16H2,1-4H3,(H,27,28). The molecule has 0 spiro atoms. The lowest BCUT2D eigenvalue weighted by molar-refractivity contribution is 0.102. The zero-order valence-electron chi connectivity index (χ0n) is 17.7. The van der Waals surface area contributed by atoms with Gasteiger partial charge in [0.15, 0.2) is 0 Å². The molecular formula is C25H26ClNO3. The molecule has 0 unspecified atom stereocenters. The summed E-state index contributed by atoms with van der Waals surface area (Å²) in [6.45, 7) is 6.73. The van der Waals surface area contributed by atoms with Gasteiger partial charge in [0.05, 0.1) is 7.11 Å². The summed E-state index contributed by atoms with van der Waals surface area (Å²) in [5.41, 5.74) is 3.02. The van der Waals surface area contributed by atoms with Crippen LogP contribution in [0.25, 0.3) is 0 Å². The molecule has 0 aliphatic rings. The van der Waals surface area contributed by atoms with Crippen molar-refractivity contribution in [3.8, 4) is 11.5 Å². The second-order valence-corrected chi connectivity index (χ2v) is 8.46. The summed E-state index contributed by atoms with van der Waals surface area (Å²) in [6.07, 6.45) is 0. The average molecular weight is 424 g/mol. The summed E-state index contributed by atoms with van der Waals surface area (Å²) >= 11 is 6.00. The molecule has 0 bridgehead atoms. The highest BCUT2D eigenvalue weighted by Gasteiger charge is 2.19. The Balaban J connectivity index is 1.81. The van der Waals surface area contributed by atoms with Crippen molar-refractivity contribution >= 4 is 23.2 Å². The molecule has 0 heterocycles. The number of nitrogens with one attached hydrogen (secondary N) is 1. The number of rotatable bonds is 6. The van der Waals surface area contributed by atoms with Crippen molar-refractivity contribution in [2.24, 2.45) is 0 Å². The topological polar surface area (TPSA) is 47.6 Å². The first kappa shape index (κ1) is 21.7. The molecule has 0 saturated heterocycles. The Morgan fingerprint density at radius 1 is 0.967 bits per heavy atom. The highest BCUT2D eigenvalue weighted by molar-refractivity contribution is 6.31. The molecule has 0 aromatic heterocycles. The number of hydrogen-bond donors (Lipinski definition) is 1. The quantitative estimate of drug-likeness (QED) is 0.493.